The molecule has 3 aromatic carbocycles. The van der Waals surface area contributed by atoms with E-state index in [-0.39, 0.29) is 5.82 Å². The molecule has 0 bridgehead atoms. The Morgan fingerprint density at radius 1 is 1.09 bits per heavy atom. The zero-order valence-corrected chi connectivity index (χ0v) is 18.9. The van der Waals surface area contributed by atoms with Crippen LogP contribution in [-0.2, 0) is 23.6 Å². The lowest BCUT2D eigenvalue weighted by Gasteiger charge is -2.28. The minimum atomic E-state index is -0.497. The second-order valence-corrected chi connectivity index (χ2v) is 9.34. The summed E-state index contributed by atoms with van der Waals surface area (Å²) in [6, 6.07) is 21.1. The van der Waals surface area contributed by atoms with Crippen molar-refractivity contribution in [2.45, 2.75) is 44.2 Å². The fourth-order valence-electron chi connectivity index (χ4n) is 4.01. The highest BCUT2D eigenvalue weighted by Crippen LogP contribution is 2.39. The second kappa shape index (κ2) is 8.96. The van der Waals surface area contributed by atoms with Gasteiger partial charge in [0.25, 0.3) is 0 Å². The topological polar surface area (TPSA) is 36.3 Å². The summed E-state index contributed by atoms with van der Waals surface area (Å²) in [5.74, 6) is 1.48. The molecule has 164 valence electrons. The molecule has 1 aliphatic rings. The third-order valence-electron chi connectivity index (χ3n) is 5.42. The molecule has 0 spiro atoms. The molecule has 4 aromatic rings. The van der Waals surface area contributed by atoms with Crippen LogP contribution in [0, 0.1) is 11.7 Å². The van der Waals surface area contributed by atoms with E-state index in [0.717, 1.165) is 39.4 Å². The van der Waals surface area contributed by atoms with Gasteiger partial charge < -0.3 is 14.0 Å². The van der Waals surface area contributed by atoms with Crippen molar-refractivity contribution < 1.29 is 13.9 Å². The van der Waals surface area contributed by atoms with Gasteiger partial charge in [-0.3, -0.25) is 0 Å². The van der Waals surface area contributed by atoms with Crippen LogP contribution in [0.25, 0.3) is 11.0 Å². The molecular weight excluding hydrogens is 423 g/mol. The number of hydrogen-bond acceptors (Lipinski definition) is 4. The molecule has 1 unspecified atom stereocenters. The first kappa shape index (κ1) is 21.0. The smallest absolute Gasteiger partial charge is 0.227 e. The number of para-hydroxylation sites is 2. The van der Waals surface area contributed by atoms with Gasteiger partial charge in [-0.2, -0.15) is 0 Å². The Bertz CT molecular complexity index is 1240. The Morgan fingerprint density at radius 3 is 2.69 bits per heavy atom. The molecule has 2 heterocycles. The van der Waals surface area contributed by atoms with Crippen LogP contribution < -0.4 is 4.74 Å². The fraction of sp³-hybridized carbons (Fsp3) is 0.269. The van der Waals surface area contributed by atoms with Crippen LogP contribution in [0.2, 0.25) is 0 Å². The predicted molar refractivity (Wildman–Crippen MR) is 125 cm³/mol. The lowest BCUT2D eigenvalue weighted by molar-refractivity contribution is -0.112. The van der Waals surface area contributed by atoms with E-state index in [4.69, 9.17) is 14.5 Å². The number of fused-ring (bicyclic) bond motifs is 2. The van der Waals surface area contributed by atoms with Gasteiger partial charge in [-0.25, -0.2) is 9.37 Å². The van der Waals surface area contributed by atoms with E-state index in [1.807, 2.05) is 48.5 Å². The van der Waals surface area contributed by atoms with Crippen molar-refractivity contribution in [2.24, 2.45) is 5.92 Å². The van der Waals surface area contributed by atoms with E-state index >= 15 is 0 Å². The molecular formula is C26H25FN2O2S. The molecule has 32 heavy (non-hydrogen) atoms. The van der Waals surface area contributed by atoms with E-state index in [0.29, 0.717) is 24.0 Å². The molecule has 1 atom stereocenters. The van der Waals surface area contributed by atoms with Crippen molar-refractivity contribution in [1.82, 2.24) is 9.55 Å². The Labute approximate surface area is 191 Å². The number of rotatable bonds is 6. The highest BCUT2D eigenvalue weighted by molar-refractivity contribution is 7.98. The van der Waals surface area contributed by atoms with Crippen LogP contribution in [0.3, 0.4) is 0 Å². The largest absolute Gasteiger partial charge is 0.460 e. The van der Waals surface area contributed by atoms with Gasteiger partial charge in [0.1, 0.15) is 11.6 Å². The summed E-state index contributed by atoms with van der Waals surface area (Å²) >= 11 is 1.61. The van der Waals surface area contributed by atoms with Gasteiger partial charge in [-0.05, 0) is 30.2 Å². The summed E-state index contributed by atoms with van der Waals surface area (Å²) < 4.78 is 28.7. The number of nitrogens with zero attached hydrogens (tertiary/aromatic N) is 2. The molecule has 0 amide bonds. The van der Waals surface area contributed by atoms with Gasteiger partial charge in [-0.15, -0.1) is 0 Å². The van der Waals surface area contributed by atoms with Crippen LogP contribution in [0.5, 0.6) is 5.75 Å². The van der Waals surface area contributed by atoms with E-state index in [1.165, 1.54) is 6.07 Å². The summed E-state index contributed by atoms with van der Waals surface area (Å²) in [4.78, 5) is 4.84. The summed E-state index contributed by atoms with van der Waals surface area (Å²) in [6.45, 7) is 5.59. The average molecular weight is 449 g/mol. The molecule has 0 N–H and O–H groups in total. The van der Waals surface area contributed by atoms with Gasteiger partial charge in [0, 0.05) is 29.0 Å². The molecule has 4 nitrogen and oxygen atoms in total. The zero-order valence-electron chi connectivity index (χ0n) is 18.1. The first-order valence-electron chi connectivity index (χ1n) is 10.8. The van der Waals surface area contributed by atoms with Crippen molar-refractivity contribution >= 4 is 22.8 Å². The van der Waals surface area contributed by atoms with Crippen LogP contribution in [-0.4, -0.2) is 9.55 Å². The normalized spacial score (nSPS) is 15.7. The molecule has 0 radical (unpaired) electrons. The van der Waals surface area contributed by atoms with Gasteiger partial charge in [0.15, 0.2) is 5.16 Å². The van der Waals surface area contributed by atoms with Gasteiger partial charge >= 0.3 is 0 Å². The molecule has 0 fully saturated rings. The number of thioether (sulfide) groups is 1. The SMILES string of the molecule is CC(C)Cn1c(SCc2cc(F)cc3c2OC(c2ccccc2)OC3)nc2ccccc21. The van der Waals surface area contributed by atoms with Crippen LogP contribution in [0.15, 0.2) is 71.9 Å². The quantitative estimate of drug-likeness (QED) is 0.306. The Morgan fingerprint density at radius 2 is 1.88 bits per heavy atom. The number of halogens is 1. The monoisotopic (exact) mass is 448 g/mol. The highest BCUT2D eigenvalue weighted by atomic mass is 32.2. The van der Waals surface area contributed by atoms with E-state index in [2.05, 4.69) is 24.5 Å². The molecule has 5 rings (SSSR count). The maximum Gasteiger partial charge on any atom is 0.227 e. The summed E-state index contributed by atoms with van der Waals surface area (Å²) in [5.41, 5.74) is 4.60. The number of benzene rings is 3. The number of aromatic nitrogens is 2. The molecule has 1 aliphatic heterocycles. The van der Waals surface area contributed by atoms with Gasteiger partial charge in [0.2, 0.25) is 6.29 Å². The fourth-order valence-corrected chi connectivity index (χ4v) is 5.00. The lowest BCUT2D eigenvalue weighted by atomic mass is 10.1. The maximum absolute atomic E-state index is 14.4. The van der Waals surface area contributed by atoms with E-state index in [9.17, 15) is 4.39 Å². The van der Waals surface area contributed by atoms with Crippen molar-refractivity contribution in [2.75, 3.05) is 0 Å². The minimum Gasteiger partial charge on any atom is -0.460 e. The Hall–Kier alpha value is -2.83. The number of imidazole rings is 1. The lowest BCUT2D eigenvalue weighted by Crippen LogP contribution is -2.19. The predicted octanol–water partition coefficient (Wildman–Crippen LogP) is 6.73. The number of hydrogen-bond donors (Lipinski definition) is 0. The van der Waals surface area contributed by atoms with E-state index < -0.39 is 6.29 Å². The summed E-state index contributed by atoms with van der Waals surface area (Å²) in [5, 5.41) is 0.935. The van der Waals surface area contributed by atoms with Crippen LogP contribution >= 0.6 is 11.8 Å². The molecule has 1 aromatic heterocycles. The molecule has 0 saturated carbocycles. The Kier molecular flexibility index (Phi) is 5.89. The van der Waals surface area contributed by atoms with Crippen molar-refractivity contribution in [3.63, 3.8) is 0 Å². The summed E-state index contributed by atoms with van der Waals surface area (Å²) in [7, 11) is 0. The second-order valence-electron chi connectivity index (χ2n) is 8.40. The Balaban J connectivity index is 1.44. The number of ether oxygens (including phenoxy) is 2. The minimum absolute atomic E-state index is 0.277. The first-order valence-corrected chi connectivity index (χ1v) is 11.8. The summed E-state index contributed by atoms with van der Waals surface area (Å²) in [6.07, 6.45) is -0.497. The van der Waals surface area contributed by atoms with E-state index in [1.54, 1.807) is 17.8 Å². The third kappa shape index (κ3) is 4.25. The first-order chi connectivity index (χ1) is 15.6. The van der Waals surface area contributed by atoms with Crippen LogP contribution in [0.4, 0.5) is 4.39 Å². The molecule has 6 heteroatoms. The van der Waals surface area contributed by atoms with Gasteiger partial charge in [-0.1, -0.05) is 68.1 Å². The average Bonchev–Trinajstić information content (AvgIpc) is 3.14. The van der Waals surface area contributed by atoms with Gasteiger partial charge in [0.05, 0.1) is 17.6 Å². The molecule has 0 aliphatic carbocycles. The third-order valence-corrected chi connectivity index (χ3v) is 6.44. The standard InChI is InChI=1S/C26H25FN2O2S/c1-17(2)14-29-23-11-7-6-10-22(23)28-26(29)32-16-20-13-21(27)12-19-15-30-25(31-24(19)20)18-8-4-3-5-9-18/h3-13,17,25H,14-16H2,1-2H3. The highest BCUT2D eigenvalue weighted by Gasteiger charge is 2.25. The molecule has 0 saturated heterocycles. The maximum atomic E-state index is 14.4. The zero-order chi connectivity index (χ0) is 22.1. The van der Waals surface area contributed by atoms with Crippen molar-refractivity contribution in [1.29, 1.82) is 0 Å². The van der Waals surface area contributed by atoms with Crippen LogP contribution in [0.1, 0.15) is 36.8 Å². The van der Waals surface area contributed by atoms with Crippen molar-refractivity contribution in [3.05, 3.63) is 89.2 Å². The van der Waals surface area contributed by atoms with Crippen molar-refractivity contribution in [3.8, 4) is 5.75 Å².